The van der Waals surface area contributed by atoms with Gasteiger partial charge in [0.05, 0.1) is 6.20 Å². The van der Waals surface area contributed by atoms with Gasteiger partial charge in [0.15, 0.2) is 0 Å². The topological polar surface area (TPSA) is 70.9 Å². The fourth-order valence-electron chi connectivity index (χ4n) is 2.11. The Hall–Kier alpha value is -2.56. The maximum Gasteiger partial charge on any atom is 0.251 e. The van der Waals surface area contributed by atoms with Gasteiger partial charge < -0.3 is 14.7 Å². The first-order chi connectivity index (χ1) is 9.63. The van der Waals surface area contributed by atoms with Crippen LogP contribution in [0.3, 0.4) is 0 Å². The number of hydrogen-bond donors (Lipinski definition) is 2. The van der Waals surface area contributed by atoms with Gasteiger partial charge in [0.25, 0.3) is 5.91 Å². The Morgan fingerprint density at radius 1 is 1.40 bits per heavy atom. The summed E-state index contributed by atoms with van der Waals surface area (Å²) in [6.07, 6.45) is 3.49. The second-order valence-corrected chi connectivity index (χ2v) is 4.78. The molecule has 0 bridgehead atoms. The number of rotatable bonds is 3. The van der Waals surface area contributed by atoms with Gasteiger partial charge in [0.1, 0.15) is 11.8 Å². The number of hydrogen-bond acceptors (Lipinski definition) is 3. The number of H-pyrrole nitrogens is 1. The molecule has 3 rings (SSSR count). The van der Waals surface area contributed by atoms with E-state index in [1.54, 1.807) is 12.3 Å². The van der Waals surface area contributed by atoms with E-state index in [-0.39, 0.29) is 11.9 Å². The summed E-state index contributed by atoms with van der Waals surface area (Å²) in [5.41, 5.74) is 1.63. The molecular weight excluding hydrogens is 254 g/mol. The Bertz CT molecular complexity index is 757. The van der Waals surface area contributed by atoms with Crippen LogP contribution in [0.15, 0.2) is 41.1 Å². The average molecular weight is 269 g/mol. The van der Waals surface area contributed by atoms with Crippen molar-refractivity contribution in [1.82, 2.24) is 15.3 Å². The molecular formula is C15H15N3O2. The molecule has 102 valence electrons. The lowest BCUT2D eigenvalue weighted by Gasteiger charge is -2.10. The number of aromatic nitrogens is 2. The van der Waals surface area contributed by atoms with Crippen molar-refractivity contribution in [2.75, 3.05) is 0 Å². The minimum absolute atomic E-state index is 0.142. The van der Waals surface area contributed by atoms with Gasteiger partial charge in [-0.15, -0.1) is 0 Å². The highest BCUT2D eigenvalue weighted by Crippen LogP contribution is 2.16. The molecule has 1 amide bonds. The van der Waals surface area contributed by atoms with E-state index in [4.69, 9.17) is 4.42 Å². The minimum Gasteiger partial charge on any atom is -0.444 e. The van der Waals surface area contributed by atoms with E-state index in [1.807, 2.05) is 38.2 Å². The number of oxazole rings is 1. The number of amides is 1. The van der Waals surface area contributed by atoms with Gasteiger partial charge in [-0.3, -0.25) is 4.79 Å². The largest absolute Gasteiger partial charge is 0.444 e. The zero-order valence-electron chi connectivity index (χ0n) is 11.3. The summed E-state index contributed by atoms with van der Waals surface area (Å²) in [6, 6.07) is 7.21. The molecule has 0 aliphatic carbocycles. The second-order valence-electron chi connectivity index (χ2n) is 4.78. The number of benzene rings is 1. The highest BCUT2D eigenvalue weighted by molar-refractivity contribution is 5.98. The Kier molecular flexibility index (Phi) is 3.02. The maximum atomic E-state index is 12.2. The van der Waals surface area contributed by atoms with E-state index in [9.17, 15) is 4.79 Å². The van der Waals surface area contributed by atoms with Gasteiger partial charge in [0, 0.05) is 22.7 Å². The van der Waals surface area contributed by atoms with Crippen LogP contribution < -0.4 is 5.32 Å². The summed E-state index contributed by atoms with van der Waals surface area (Å²) in [6.45, 7) is 3.67. The molecule has 2 aromatic heterocycles. The van der Waals surface area contributed by atoms with Crippen molar-refractivity contribution >= 4 is 16.8 Å². The molecule has 0 fully saturated rings. The van der Waals surface area contributed by atoms with Gasteiger partial charge in [-0.2, -0.15) is 0 Å². The zero-order chi connectivity index (χ0) is 14.1. The predicted molar refractivity (Wildman–Crippen MR) is 75.4 cm³/mol. The monoisotopic (exact) mass is 269 g/mol. The summed E-state index contributed by atoms with van der Waals surface area (Å²) in [5.74, 6) is 1.10. The second kappa shape index (κ2) is 4.85. The van der Waals surface area contributed by atoms with Crippen LogP contribution in [0.2, 0.25) is 0 Å². The molecule has 5 nitrogen and oxygen atoms in total. The van der Waals surface area contributed by atoms with E-state index < -0.39 is 0 Å². The van der Waals surface area contributed by atoms with Gasteiger partial charge in [-0.05, 0) is 38.1 Å². The summed E-state index contributed by atoms with van der Waals surface area (Å²) in [4.78, 5) is 19.4. The summed E-state index contributed by atoms with van der Waals surface area (Å²) >= 11 is 0. The molecule has 0 saturated carbocycles. The van der Waals surface area contributed by atoms with Gasteiger partial charge >= 0.3 is 0 Å². The molecule has 2 N–H and O–H groups in total. The summed E-state index contributed by atoms with van der Waals surface area (Å²) in [7, 11) is 0. The van der Waals surface area contributed by atoms with Crippen molar-refractivity contribution in [3.05, 3.63) is 53.9 Å². The van der Waals surface area contributed by atoms with Crippen LogP contribution in [0, 0.1) is 6.92 Å². The van der Waals surface area contributed by atoms with Crippen molar-refractivity contribution in [2.24, 2.45) is 0 Å². The first-order valence-electron chi connectivity index (χ1n) is 6.44. The van der Waals surface area contributed by atoms with Crippen LogP contribution in [-0.4, -0.2) is 15.9 Å². The number of carbonyl (C=O) groups is 1. The number of aryl methyl sites for hydroxylation is 1. The van der Waals surface area contributed by atoms with Crippen LogP contribution in [-0.2, 0) is 0 Å². The fourth-order valence-corrected chi connectivity index (χ4v) is 2.11. The molecule has 0 aliphatic heterocycles. The van der Waals surface area contributed by atoms with Crippen molar-refractivity contribution in [3.8, 4) is 0 Å². The van der Waals surface area contributed by atoms with Gasteiger partial charge in [-0.1, -0.05) is 0 Å². The Morgan fingerprint density at radius 3 is 3.00 bits per heavy atom. The van der Waals surface area contributed by atoms with Crippen LogP contribution in [0.25, 0.3) is 10.9 Å². The Labute approximate surface area is 116 Å². The van der Waals surface area contributed by atoms with E-state index >= 15 is 0 Å². The van der Waals surface area contributed by atoms with Crippen LogP contribution in [0.1, 0.15) is 35.0 Å². The third-order valence-electron chi connectivity index (χ3n) is 3.17. The van der Waals surface area contributed by atoms with E-state index in [1.165, 1.54) is 0 Å². The van der Waals surface area contributed by atoms with Gasteiger partial charge in [-0.25, -0.2) is 4.98 Å². The van der Waals surface area contributed by atoms with Crippen molar-refractivity contribution < 1.29 is 9.21 Å². The lowest BCUT2D eigenvalue weighted by molar-refractivity contribution is 0.0934. The van der Waals surface area contributed by atoms with Crippen LogP contribution in [0.4, 0.5) is 0 Å². The smallest absolute Gasteiger partial charge is 0.251 e. The third-order valence-corrected chi connectivity index (χ3v) is 3.17. The fraction of sp³-hybridized carbons (Fsp3) is 0.200. The molecule has 0 radical (unpaired) electrons. The molecule has 0 saturated heterocycles. The first kappa shape index (κ1) is 12.5. The highest BCUT2D eigenvalue weighted by Gasteiger charge is 2.15. The minimum atomic E-state index is -0.266. The molecule has 0 aliphatic rings. The SMILES string of the molecule is Cc1cnc(C(C)NC(=O)c2ccc3[nH]ccc3c2)o1. The molecule has 20 heavy (non-hydrogen) atoms. The summed E-state index contributed by atoms with van der Waals surface area (Å²) < 4.78 is 5.41. The number of carbonyl (C=O) groups excluding carboxylic acids is 1. The quantitative estimate of drug-likeness (QED) is 0.768. The zero-order valence-corrected chi connectivity index (χ0v) is 11.3. The molecule has 2 heterocycles. The third kappa shape index (κ3) is 2.30. The lowest BCUT2D eigenvalue weighted by atomic mass is 10.1. The number of fused-ring (bicyclic) bond motifs is 1. The first-order valence-corrected chi connectivity index (χ1v) is 6.44. The summed E-state index contributed by atoms with van der Waals surface area (Å²) in [5, 5.41) is 3.89. The molecule has 1 unspecified atom stereocenters. The number of nitrogens with one attached hydrogen (secondary N) is 2. The molecule has 3 aromatic rings. The van der Waals surface area contributed by atoms with Crippen molar-refractivity contribution in [2.45, 2.75) is 19.9 Å². The predicted octanol–water partition coefficient (Wildman–Crippen LogP) is 2.96. The number of aromatic amines is 1. The highest BCUT2D eigenvalue weighted by atomic mass is 16.4. The van der Waals surface area contributed by atoms with Crippen LogP contribution >= 0.6 is 0 Å². The lowest BCUT2D eigenvalue weighted by Crippen LogP contribution is -2.26. The molecule has 5 heteroatoms. The Morgan fingerprint density at radius 2 is 2.25 bits per heavy atom. The van der Waals surface area contributed by atoms with Gasteiger partial charge in [0.2, 0.25) is 5.89 Å². The van der Waals surface area contributed by atoms with E-state index in [0.717, 1.165) is 16.7 Å². The number of nitrogens with zero attached hydrogens (tertiary/aromatic N) is 1. The normalized spacial score (nSPS) is 12.5. The van der Waals surface area contributed by atoms with Crippen molar-refractivity contribution in [1.29, 1.82) is 0 Å². The van der Waals surface area contributed by atoms with E-state index in [0.29, 0.717) is 11.5 Å². The molecule has 0 spiro atoms. The molecule has 1 aromatic carbocycles. The maximum absolute atomic E-state index is 12.2. The Balaban J connectivity index is 1.78. The van der Waals surface area contributed by atoms with Crippen LogP contribution in [0.5, 0.6) is 0 Å². The van der Waals surface area contributed by atoms with Crippen molar-refractivity contribution in [3.63, 3.8) is 0 Å². The van der Waals surface area contributed by atoms with E-state index in [2.05, 4.69) is 15.3 Å². The average Bonchev–Trinajstić information content (AvgIpc) is 3.05. The molecule has 1 atom stereocenters. The standard InChI is InChI=1S/C15H15N3O2/c1-9-8-17-15(20-9)10(2)18-14(19)12-3-4-13-11(7-12)5-6-16-13/h3-8,10,16H,1-2H3,(H,18,19).